The number of rotatable bonds is 7. The van der Waals surface area contributed by atoms with Gasteiger partial charge in [0, 0.05) is 31.3 Å². The Bertz CT molecular complexity index is 926. The first-order chi connectivity index (χ1) is 14.2. The molecule has 1 N–H and O–H groups in total. The molecule has 6 heteroatoms. The summed E-state index contributed by atoms with van der Waals surface area (Å²) in [6.45, 7) is 2.30. The van der Waals surface area contributed by atoms with Gasteiger partial charge in [-0.2, -0.15) is 5.26 Å². The molecule has 0 saturated carbocycles. The Balaban J connectivity index is 1.85. The minimum Gasteiger partial charge on any atom is -0.496 e. The van der Waals surface area contributed by atoms with Crippen LogP contribution in [0.25, 0.3) is 6.08 Å². The van der Waals surface area contributed by atoms with Gasteiger partial charge in [0.1, 0.15) is 23.1 Å². The molecule has 0 aromatic heterocycles. The van der Waals surface area contributed by atoms with Crippen molar-refractivity contribution in [3.8, 4) is 17.6 Å². The Morgan fingerprint density at radius 2 is 1.83 bits per heavy atom. The van der Waals surface area contributed by atoms with Crippen molar-refractivity contribution in [3.63, 3.8) is 0 Å². The number of ether oxygens (including phenoxy) is 2. The zero-order valence-electron chi connectivity index (χ0n) is 16.8. The number of carbonyl (C=O) groups is 1. The summed E-state index contributed by atoms with van der Waals surface area (Å²) in [5.74, 6) is 0.859. The van der Waals surface area contributed by atoms with Crippen molar-refractivity contribution in [2.75, 3.05) is 32.2 Å². The van der Waals surface area contributed by atoms with Crippen LogP contribution < -0.4 is 19.7 Å². The quantitative estimate of drug-likeness (QED) is 0.577. The van der Waals surface area contributed by atoms with Crippen molar-refractivity contribution in [2.45, 2.75) is 19.4 Å². The van der Waals surface area contributed by atoms with E-state index in [1.807, 2.05) is 48.5 Å². The zero-order chi connectivity index (χ0) is 20.6. The maximum Gasteiger partial charge on any atom is 0.262 e. The van der Waals surface area contributed by atoms with Crippen LogP contribution in [0.2, 0.25) is 0 Å². The maximum atomic E-state index is 12.5. The summed E-state index contributed by atoms with van der Waals surface area (Å²) in [5.41, 5.74) is 2.56. The van der Waals surface area contributed by atoms with E-state index in [4.69, 9.17) is 9.47 Å². The lowest BCUT2D eigenvalue weighted by Gasteiger charge is -2.22. The van der Waals surface area contributed by atoms with Gasteiger partial charge in [0.15, 0.2) is 0 Å². The number of anilines is 1. The van der Waals surface area contributed by atoms with E-state index in [1.54, 1.807) is 14.2 Å². The van der Waals surface area contributed by atoms with E-state index >= 15 is 0 Å². The fourth-order valence-corrected chi connectivity index (χ4v) is 3.40. The minimum atomic E-state index is -0.430. The first kappa shape index (κ1) is 20.3. The largest absolute Gasteiger partial charge is 0.496 e. The number of carbonyl (C=O) groups excluding carboxylic acids is 1. The molecule has 1 amide bonds. The molecule has 2 aromatic carbocycles. The second-order valence-corrected chi connectivity index (χ2v) is 6.80. The number of amides is 1. The summed E-state index contributed by atoms with van der Waals surface area (Å²) in [4.78, 5) is 14.8. The highest BCUT2D eigenvalue weighted by molar-refractivity contribution is 6.02. The lowest BCUT2D eigenvalue weighted by Crippen LogP contribution is -2.24. The van der Waals surface area contributed by atoms with Crippen molar-refractivity contribution in [3.05, 3.63) is 59.2 Å². The lowest BCUT2D eigenvalue weighted by atomic mass is 10.1. The minimum absolute atomic E-state index is 0.00945. The van der Waals surface area contributed by atoms with E-state index in [0.717, 1.165) is 37.2 Å². The van der Waals surface area contributed by atoms with Gasteiger partial charge in [-0.05, 0) is 30.5 Å². The van der Waals surface area contributed by atoms with E-state index in [1.165, 1.54) is 6.08 Å². The van der Waals surface area contributed by atoms with Crippen LogP contribution in [0.15, 0.2) is 48.0 Å². The smallest absolute Gasteiger partial charge is 0.262 e. The van der Waals surface area contributed by atoms with Gasteiger partial charge >= 0.3 is 0 Å². The van der Waals surface area contributed by atoms with Crippen LogP contribution in [0.5, 0.6) is 11.5 Å². The maximum absolute atomic E-state index is 12.5. The number of nitrogens with zero attached hydrogens (tertiary/aromatic N) is 2. The van der Waals surface area contributed by atoms with E-state index < -0.39 is 5.91 Å². The molecule has 0 unspecified atom stereocenters. The molecule has 29 heavy (non-hydrogen) atoms. The lowest BCUT2D eigenvalue weighted by molar-refractivity contribution is -0.117. The van der Waals surface area contributed by atoms with Gasteiger partial charge in [-0.15, -0.1) is 0 Å². The second-order valence-electron chi connectivity index (χ2n) is 6.80. The van der Waals surface area contributed by atoms with Gasteiger partial charge in [0.25, 0.3) is 5.91 Å². The third kappa shape index (κ3) is 4.88. The molecule has 0 bridgehead atoms. The van der Waals surface area contributed by atoms with Crippen LogP contribution in [-0.4, -0.2) is 33.2 Å². The summed E-state index contributed by atoms with van der Waals surface area (Å²) >= 11 is 0. The monoisotopic (exact) mass is 391 g/mol. The first-order valence-electron chi connectivity index (χ1n) is 9.61. The fraction of sp³-hybridized carbons (Fsp3) is 0.304. The Morgan fingerprint density at radius 1 is 1.14 bits per heavy atom. The molecule has 2 aromatic rings. The molecule has 0 radical (unpaired) electrons. The normalized spacial score (nSPS) is 13.7. The van der Waals surface area contributed by atoms with Crippen molar-refractivity contribution >= 4 is 17.7 Å². The summed E-state index contributed by atoms with van der Waals surface area (Å²) in [6.07, 6.45) is 3.83. The second kappa shape index (κ2) is 9.65. The van der Waals surface area contributed by atoms with E-state index in [-0.39, 0.29) is 5.57 Å². The van der Waals surface area contributed by atoms with E-state index in [2.05, 4.69) is 10.2 Å². The molecule has 6 nitrogen and oxygen atoms in total. The summed E-state index contributed by atoms with van der Waals surface area (Å²) in [5, 5.41) is 12.3. The molecule has 1 saturated heterocycles. The van der Waals surface area contributed by atoms with Gasteiger partial charge < -0.3 is 19.7 Å². The first-order valence-corrected chi connectivity index (χ1v) is 9.61. The van der Waals surface area contributed by atoms with Crippen molar-refractivity contribution in [1.29, 1.82) is 5.26 Å². The van der Waals surface area contributed by atoms with Crippen molar-refractivity contribution in [2.24, 2.45) is 0 Å². The standard InChI is InChI=1S/C23H25N3O3/c1-28-21-14-20(26-10-6-7-11-26)22(29-2)13-18(21)12-19(15-24)23(27)25-16-17-8-4-3-5-9-17/h3-5,8-9,12-14H,6-7,10-11,16H2,1-2H3,(H,25,27)/b19-12-. The average Bonchev–Trinajstić information content (AvgIpc) is 3.30. The van der Waals surface area contributed by atoms with Crippen LogP contribution >= 0.6 is 0 Å². The van der Waals surface area contributed by atoms with Crippen LogP contribution in [-0.2, 0) is 11.3 Å². The Morgan fingerprint density at radius 3 is 2.45 bits per heavy atom. The van der Waals surface area contributed by atoms with Gasteiger partial charge in [-0.3, -0.25) is 4.79 Å². The molecule has 1 fully saturated rings. The van der Waals surface area contributed by atoms with Crippen LogP contribution in [0.4, 0.5) is 5.69 Å². The highest BCUT2D eigenvalue weighted by atomic mass is 16.5. The molecule has 1 heterocycles. The molecular weight excluding hydrogens is 366 g/mol. The highest BCUT2D eigenvalue weighted by Gasteiger charge is 2.20. The predicted molar refractivity (Wildman–Crippen MR) is 113 cm³/mol. The molecular formula is C23H25N3O3. The Hall–Kier alpha value is -3.46. The van der Waals surface area contributed by atoms with E-state index in [9.17, 15) is 10.1 Å². The number of nitrogens with one attached hydrogen (secondary N) is 1. The predicted octanol–water partition coefficient (Wildman–Crippen LogP) is 3.53. The number of methoxy groups -OCH3 is 2. The SMILES string of the molecule is COc1cc(N2CCCC2)c(OC)cc1/C=C(/C#N)C(=O)NCc1ccccc1. The van der Waals surface area contributed by atoms with Gasteiger partial charge in [0.2, 0.25) is 0 Å². The van der Waals surface area contributed by atoms with Crippen molar-refractivity contribution < 1.29 is 14.3 Å². The molecule has 0 aliphatic carbocycles. The summed E-state index contributed by atoms with van der Waals surface area (Å²) in [7, 11) is 3.20. The summed E-state index contributed by atoms with van der Waals surface area (Å²) in [6, 6.07) is 15.3. The third-order valence-corrected chi connectivity index (χ3v) is 4.94. The molecule has 1 aliphatic heterocycles. The van der Waals surface area contributed by atoms with Crippen LogP contribution in [0, 0.1) is 11.3 Å². The Kier molecular flexibility index (Phi) is 6.75. The van der Waals surface area contributed by atoms with Gasteiger partial charge in [-0.1, -0.05) is 30.3 Å². The van der Waals surface area contributed by atoms with Crippen LogP contribution in [0.1, 0.15) is 24.0 Å². The zero-order valence-corrected chi connectivity index (χ0v) is 16.8. The molecule has 0 spiro atoms. The molecule has 150 valence electrons. The van der Waals surface area contributed by atoms with Crippen molar-refractivity contribution in [1.82, 2.24) is 5.32 Å². The summed E-state index contributed by atoms with van der Waals surface area (Å²) < 4.78 is 11.1. The number of hydrogen-bond acceptors (Lipinski definition) is 5. The van der Waals surface area contributed by atoms with Gasteiger partial charge in [-0.25, -0.2) is 0 Å². The Labute approximate surface area is 171 Å². The third-order valence-electron chi connectivity index (χ3n) is 4.94. The topological polar surface area (TPSA) is 74.6 Å². The fourth-order valence-electron chi connectivity index (χ4n) is 3.40. The number of hydrogen-bond donors (Lipinski definition) is 1. The highest BCUT2D eigenvalue weighted by Crippen LogP contribution is 2.38. The number of benzene rings is 2. The van der Waals surface area contributed by atoms with Crippen LogP contribution in [0.3, 0.4) is 0 Å². The molecule has 0 atom stereocenters. The average molecular weight is 391 g/mol. The van der Waals surface area contributed by atoms with E-state index in [0.29, 0.717) is 23.6 Å². The molecule has 3 rings (SSSR count). The molecule has 1 aliphatic rings. The van der Waals surface area contributed by atoms with Gasteiger partial charge in [0.05, 0.1) is 19.9 Å². The number of nitriles is 1.